The van der Waals surface area contributed by atoms with Crippen LogP contribution in [0.15, 0.2) is 0 Å². The number of aliphatic carboxylic acids is 1. The third-order valence-electron chi connectivity index (χ3n) is 1.03. The molecule has 12 heavy (non-hydrogen) atoms. The van der Waals surface area contributed by atoms with Crippen LogP contribution in [0.4, 0.5) is 0 Å². The number of unbranched alkanes of at least 4 members (excludes halogenated alkanes) is 1. The second-order valence-electron chi connectivity index (χ2n) is 2.13. The lowest BCUT2D eigenvalue weighted by atomic mass is 10.4. The van der Waals surface area contributed by atoms with Crippen LogP contribution in [0.25, 0.3) is 0 Å². The van der Waals surface area contributed by atoms with Crippen molar-refractivity contribution >= 4 is 14.2 Å². The molecule has 0 saturated heterocycles. The van der Waals surface area contributed by atoms with Crippen molar-refractivity contribution in [1.29, 1.82) is 0 Å². The van der Waals surface area contributed by atoms with E-state index in [2.05, 4.69) is 4.52 Å². The van der Waals surface area contributed by atoms with Crippen LogP contribution in [0.2, 0.25) is 0 Å². The maximum atomic E-state index is 10.7. The fourth-order valence-electron chi connectivity index (χ4n) is 0.462. The molecular formula is C6H13O5P. The van der Waals surface area contributed by atoms with Crippen molar-refractivity contribution in [3.05, 3.63) is 0 Å². The summed E-state index contributed by atoms with van der Waals surface area (Å²) in [6.07, 6.45) is 1.74. The summed E-state index contributed by atoms with van der Waals surface area (Å²) in [5.74, 6) is -1.15. The van der Waals surface area contributed by atoms with Gasteiger partial charge in [-0.15, -0.1) is 0 Å². The van der Waals surface area contributed by atoms with Gasteiger partial charge in [0.1, 0.15) is 0 Å². The zero-order valence-electron chi connectivity index (χ0n) is 6.91. The summed E-state index contributed by atoms with van der Waals surface area (Å²) in [6, 6.07) is 0. The Hall–Kier alpha value is -0.380. The van der Waals surface area contributed by atoms with Crippen LogP contribution in [0, 0.1) is 0 Å². The Morgan fingerprint density at radius 3 is 2.67 bits per heavy atom. The quantitative estimate of drug-likeness (QED) is 0.490. The number of hydrogen-bond acceptors (Lipinski definition) is 4. The average Bonchev–Trinajstić information content (AvgIpc) is 2.01. The molecule has 1 N–H and O–H groups in total. The van der Waals surface area contributed by atoms with E-state index in [1.165, 1.54) is 0 Å². The Balaban J connectivity index is 3.28. The van der Waals surface area contributed by atoms with Crippen molar-refractivity contribution < 1.29 is 23.5 Å². The molecule has 0 spiro atoms. The number of hydrogen-bond donors (Lipinski definition) is 1. The number of carboxylic acid groups (broad SMARTS) is 1. The van der Waals surface area contributed by atoms with E-state index in [0.717, 1.165) is 12.8 Å². The highest BCUT2D eigenvalue weighted by atomic mass is 31.1. The summed E-state index contributed by atoms with van der Waals surface area (Å²) in [5.41, 5.74) is 0. The van der Waals surface area contributed by atoms with Gasteiger partial charge in [0.2, 0.25) is 0 Å². The lowest BCUT2D eigenvalue weighted by Gasteiger charge is -2.01. The zero-order chi connectivity index (χ0) is 9.40. The van der Waals surface area contributed by atoms with E-state index in [9.17, 15) is 9.36 Å². The molecule has 0 aliphatic carbocycles. The van der Waals surface area contributed by atoms with E-state index >= 15 is 0 Å². The lowest BCUT2D eigenvalue weighted by molar-refractivity contribution is -0.139. The summed E-state index contributed by atoms with van der Waals surface area (Å²) in [7, 11) is -2.59. The van der Waals surface area contributed by atoms with Crippen LogP contribution >= 0.6 is 8.25 Å². The molecule has 0 bridgehead atoms. The Kier molecular flexibility index (Phi) is 7.05. The maximum Gasteiger partial charge on any atom is 0.330 e. The third kappa shape index (κ3) is 7.72. The van der Waals surface area contributed by atoms with E-state index in [1.54, 1.807) is 0 Å². The molecule has 6 heteroatoms. The van der Waals surface area contributed by atoms with Crippen LogP contribution in [0.3, 0.4) is 0 Å². The maximum absolute atomic E-state index is 10.7. The van der Waals surface area contributed by atoms with Crippen molar-refractivity contribution in [2.24, 2.45) is 0 Å². The van der Waals surface area contributed by atoms with E-state index in [0.29, 0.717) is 6.61 Å². The van der Waals surface area contributed by atoms with Gasteiger partial charge < -0.3 is 9.63 Å². The fourth-order valence-corrected chi connectivity index (χ4v) is 1.10. The standard InChI is InChI=1S/C6H13O5P/c1-2-3-4-10-12(9)11-5-6(7)8/h12H,2-5H2,1H3,(H,7,8). The highest BCUT2D eigenvalue weighted by molar-refractivity contribution is 7.33. The topological polar surface area (TPSA) is 72.8 Å². The van der Waals surface area contributed by atoms with E-state index in [1.807, 2.05) is 6.92 Å². The molecule has 1 unspecified atom stereocenters. The van der Waals surface area contributed by atoms with Crippen LogP contribution in [0.5, 0.6) is 0 Å². The number of carboxylic acids is 1. The van der Waals surface area contributed by atoms with Gasteiger partial charge in [-0.2, -0.15) is 0 Å². The van der Waals surface area contributed by atoms with Crippen LogP contribution in [-0.4, -0.2) is 24.3 Å². The summed E-state index contributed by atoms with van der Waals surface area (Å²) >= 11 is 0. The van der Waals surface area contributed by atoms with Gasteiger partial charge in [-0.05, 0) is 6.42 Å². The Labute approximate surface area is 71.6 Å². The van der Waals surface area contributed by atoms with Crippen LogP contribution in [-0.2, 0) is 18.4 Å². The van der Waals surface area contributed by atoms with Gasteiger partial charge in [-0.3, -0.25) is 9.09 Å². The first-order valence-electron chi connectivity index (χ1n) is 3.68. The smallest absolute Gasteiger partial charge is 0.330 e. The monoisotopic (exact) mass is 196 g/mol. The van der Waals surface area contributed by atoms with Crippen molar-refractivity contribution in [2.75, 3.05) is 13.2 Å². The predicted octanol–water partition coefficient (Wildman–Crippen LogP) is 1.29. The van der Waals surface area contributed by atoms with E-state index in [-0.39, 0.29) is 0 Å². The lowest BCUT2D eigenvalue weighted by Crippen LogP contribution is -2.03. The van der Waals surface area contributed by atoms with E-state index < -0.39 is 20.8 Å². The minimum absolute atomic E-state index is 0.355. The molecule has 0 heterocycles. The number of rotatable bonds is 7. The molecule has 0 aliphatic rings. The van der Waals surface area contributed by atoms with Crippen molar-refractivity contribution in [3.8, 4) is 0 Å². The highest BCUT2D eigenvalue weighted by Crippen LogP contribution is 2.23. The molecule has 0 aromatic carbocycles. The first kappa shape index (κ1) is 11.6. The molecule has 1 atom stereocenters. The highest BCUT2D eigenvalue weighted by Gasteiger charge is 2.02. The Bertz CT molecular complexity index is 158. The van der Waals surface area contributed by atoms with Gasteiger partial charge in [-0.1, -0.05) is 13.3 Å². The van der Waals surface area contributed by atoms with Crippen molar-refractivity contribution in [2.45, 2.75) is 19.8 Å². The second kappa shape index (κ2) is 7.28. The van der Waals surface area contributed by atoms with Crippen LogP contribution < -0.4 is 0 Å². The minimum atomic E-state index is -2.59. The van der Waals surface area contributed by atoms with E-state index in [4.69, 9.17) is 9.63 Å². The minimum Gasteiger partial charge on any atom is -0.480 e. The van der Waals surface area contributed by atoms with Crippen molar-refractivity contribution in [3.63, 3.8) is 0 Å². The molecule has 0 fully saturated rings. The molecular weight excluding hydrogens is 183 g/mol. The van der Waals surface area contributed by atoms with Gasteiger partial charge in [0, 0.05) is 0 Å². The first-order chi connectivity index (χ1) is 5.66. The zero-order valence-corrected chi connectivity index (χ0v) is 7.91. The summed E-state index contributed by atoms with van der Waals surface area (Å²) in [4.78, 5) is 9.93. The molecule has 0 aromatic rings. The molecule has 0 radical (unpaired) electrons. The van der Waals surface area contributed by atoms with Gasteiger partial charge in [0.05, 0.1) is 6.61 Å². The first-order valence-corrected chi connectivity index (χ1v) is 4.90. The molecule has 0 rings (SSSR count). The Morgan fingerprint density at radius 2 is 2.17 bits per heavy atom. The van der Waals surface area contributed by atoms with Gasteiger partial charge >= 0.3 is 14.2 Å². The fraction of sp³-hybridized carbons (Fsp3) is 0.833. The molecule has 0 aromatic heterocycles. The second-order valence-corrected chi connectivity index (χ2v) is 3.21. The van der Waals surface area contributed by atoms with Crippen LogP contribution in [0.1, 0.15) is 19.8 Å². The summed E-state index contributed by atoms with van der Waals surface area (Å²) < 4.78 is 19.8. The molecule has 0 amide bonds. The largest absolute Gasteiger partial charge is 0.480 e. The number of carbonyl (C=O) groups is 1. The predicted molar refractivity (Wildman–Crippen MR) is 43.4 cm³/mol. The Morgan fingerprint density at radius 1 is 1.50 bits per heavy atom. The summed E-state index contributed by atoms with van der Waals surface area (Å²) in [6.45, 7) is 1.76. The van der Waals surface area contributed by atoms with Gasteiger partial charge in [-0.25, -0.2) is 4.79 Å². The SMILES string of the molecule is CCCCO[PH](=O)OCC(=O)O. The molecule has 72 valence electrons. The third-order valence-corrected chi connectivity index (χ3v) is 1.85. The average molecular weight is 196 g/mol. The molecule has 0 saturated carbocycles. The van der Waals surface area contributed by atoms with Gasteiger partial charge in [0.25, 0.3) is 0 Å². The van der Waals surface area contributed by atoms with Gasteiger partial charge in [0.15, 0.2) is 6.61 Å². The van der Waals surface area contributed by atoms with Crippen molar-refractivity contribution in [1.82, 2.24) is 0 Å². The summed E-state index contributed by atoms with van der Waals surface area (Å²) in [5, 5.41) is 8.13. The molecule has 0 aliphatic heterocycles. The normalized spacial score (nSPS) is 12.8. The molecule has 5 nitrogen and oxygen atoms in total.